The maximum Gasteiger partial charge on any atom is 0.162 e. The third-order valence-electron chi connectivity index (χ3n) is 5.74. The molecule has 0 amide bonds. The smallest absolute Gasteiger partial charge is 0.162 e. The second-order valence-electron chi connectivity index (χ2n) is 10.1. The van der Waals surface area contributed by atoms with Gasteiger partial charge in [0.2, 0.25) is 0 Å². The number of nitrogens with zero attached hydrogens (tertiary/aromatic N) is 1. The second kappa shape index (κ2) is 9.38. The van der Waals surface area contributed by atoms with Crippen LogP contribution in [0.25, 0.3) is 5.57 Å². The van der Waals surface area contributed by atoms with E-state index >= 15 is 0 Å². The molecule has 166 valence electrons. The van der Waals surface area contributed by atoms with Gasteiger partial charge in [-0.05, 0) is 81.7 Å². The van der Waals surface area contributed by atoms with Crippen molar-refractivity contribution in [1.82, 2.24) is 4.90 Å². The Morgan fingerprint density at radius 3 is 2.27 bits per heavy atom. The number of Topliss-reactive ketones (excluding diaryl/α,β-unsaturated/α-hetero) is 1. The third kappa shape index (κ3) is 6.21. The zero-order valence-corrected chi connectivity index (χ0v) is 20.1. The van der Waals surface area contributed by atoms with E-state index in [0.717, 1.165) is 54.1 Å². The van der Waals surface area contributed by atoms with Crippen LogP contribution in [0.4, 0.5) is 0 Å². The highest BCUT2D eigenvalue weighted by molar-refractivity contribution is 5.86. The predicted molar refractivity (Wildman–Crippen MR) is 125 cm³/mol. The Morgan fingerprint density at radius 2 is 1.77 bits per heavy atom. The number of carbonyl (C=O) groups is 1. The number of carbonyl (C=O) groups excluding carboxylic acids is 1. The van der Waals surface area contributed by atoms with Crippen molar-refractivity contribution in [2.75, 3.05) is 20.2 Å². The van der Waals surface area contributed by atoms with E-state index in [1.54, 1.807) is 14.0 Å². The minimum Gasteiger partial charge on any atom is -0.497 e. The summed E-state index contributed by atoms with van der Waals surface area (Å²) in [5, 5.41) is 0. The van der Waals surface area contributed by atoms with Crippen molar-refractivity contribution in [1.29, 1.82) is 0 Å². The molecule has 0 spiro atoms. The van der Waals surface area contributed by atoms with Crippen LogP contribution in [0, 0.1) is 5.41 Å². The van der Waals surface area contributed by atoms with Gasteiger partial charge in [-0.2, -0.15) is 0 Å². The first kappa shape index (κ1) is 24.2. The molecule has 0 bridgehead atoms. The van der Waals surface area contributed by atoms with E-state index in [-0.39, 0.29) is 5.78 Å². The minimum absolute atomic E-state index is 0.00991. The first-order chi connectivity index (χ1) is 13.8. The van der Waals surface area contributed by atoms with Crippen molar-refractivity contribution in [3.8, 4) is 5.75 Å². The zero-order chi connectivity index (χ0) is 22.7. The van der Waals surface area contributed by atoms with Crippen molar-refractivity contribution in [3.05, 3.63) is 47.7 Å². The number of ketones is 1. The van der Waals surface area contributed by atoms with E-state index in [0.29, 0.717) is 5.41 Å². The monoisotopic (exact) mass is 413 g/mol. The summed E-state index contributed by atoms with van der Waals surface area (Å²) in [5.74, 6) is 0.801. The molecule has 1 aromatic carbocycles. The van der Waals surface area contributed by atoms with Gasteiger partial charge in [0.25, 0.3) is 0 Å². The molecular weight excluding hydrogens is 374 g/mol. The van der Waals surface area contributed by atoms with Gasteiger partial charge in [-0.1, -0.05) is 32.6 Å². The fourth-order valence-corrected chi connectivity index (χ4v) is 3.92. The Hall–Kier alpha value is -2.07. The van der Waals surface area contributed by atoms with Gasteiger partial charge in [-0.15, -0.1) is 0 Å². The molecule has 30 heavy (non-hydrogen) atoms. The lowest BCUT2D eigenvalue weighted by molar-refractivity contribution is -0.134. The molecule has 0 aliphatic carbocycles. The van der Waals surface area contributed by atoms with Crippen molar-refractivity contribution < 1.29 is 14.3 Å². The summed E-state index contributed by atoms with van der Waals surface area (Å²) in [6.07, 6.45) is 1.59. The van der Waals surface area contributed by atoms with E-state index in [9.17, 15) is 4.79 Å². The van der Waals surface area contributed by atoms with Gasteiger partial charge in [-0.3, -0.25) is 4.79 Å². The van der Waals surface area contributed by atoms with Crippen molar-refractivity contribution in [2.45, 2.75) is 73.0 Å². The number of hydrogen-bond donors (Lipinski definition) is 0. The first-order valence-electron chi connectivity index (χ1n) is 10.8. The molecule has 4 heteroatoms. The Kier molecular flexibility index (Phi) is 7.57. The summed E-state index contributed by atoms with van der Waals surface area (Å²) >= 11 is 0. The molecule has 0 aromatic heterocycles. The average Bonchev–Trinajstić information content (AvgIpc) is 2.66. The van der Waals surface area contributed by atoms with Crippen LogP contribution in [0.15, 0.2) is 42.1 Å². The molecule has 1 aliphatic heterocycles. The molecular formula is C26H39NO3. The number of hydrogen-bond acceptors (Lipinski definition) is 4. The molecule has 0 radical (unpaired) electrons. The lowest BCUT2D eigenvalue weighted by Crippen LogP contribution is -2.40. The standard InChI is InChI=1S/C26H39NO3/c1-18(21-11-10-12-22(17-21)29-9)23(27-15-13-26(7,8)14-16-27)19(2)24(20(3)28)30-25(4,5)6/h10-12,17,24H,1,13-16H2,2-9H3/b23-19-. The number of methoxy groups -OCH3 is 1. The van der Waals surface area contributed by atoms with Crippen LogP contribution in [0.5, 0.6) is 5.75 Å². The fraction of sp³-hybridized carbons (Fsp3) is 0.577. The molecule has 1 heterocycles. The van der Waals surface area contributed by atoms with Crippen LogP contribution in [-0.4, -0.2) is 42.6 Å². The van der Waals surface area contributed by atoms with Gasteiger partial charge in [0.1, 0.15) is 11.9 Å². The molecule has 1 aliphatic rings. The van der Waals surface area contributed by atoms with E-state index in [2.05, 4.69) is 25.3 Å². The summed E-state index contributed by atoms with van der Waals surface area (Å²) < 4.78 is 11.6. The highest BCUT2D eigenvalue weighted by Crippen LogP contribution is 2.37. The maximum atomic E-state index is 12.6. The summed E-state index contributed by atoms with van der Waals surface area (Å²) in [4.78, 5) is 15.0. The van der Waals surface area contributed by atoms with Crippen LogP contribution in [0.3, 0.4) is 0 Å². The minimum atomic E-state index is -0.600. The van der Waals surface area contributed by atoms with Gasteiger partial charge >= 0.3 is 0 Å². The number of ether oxygens (including phenoxy) is 2. The van der Waals surface area contributed by atoms with Gasteiger partial charge < -0.3 is 14.4 Å². The largest absolute Gasteiger partial charge is 0.497 e. The van der Waals surface area contributed by atoms with Crippen LogP contribution in [0.1, 0.15) is 66.9 Å². The van der Waals surface area contributed by atoms with Gasteiger partial charge in [0.15, 0.2) is 5.78 Å². The zero-order valence-electron chi connectivity index (χ0n) is 20.1. The quantitative estimate of drug-likeness (QED) is 0.524. The number of likely N-dealkylation sites (tertiary alicyclic amines) is 1. The van der Waals surface area contributed by atoms with Gasteiger partial charge in [0.05, 0.1) is 12.7 Å². The summed E-state index contributed by atoms with van der Waals surface area (Å²) in [6, 6.07) is 7.94. The van der Waals surface area contributed by atoms with Crippen LogP contribution < -0.4 is 4.74 Å². The molecule has 4 nitrogen and oxygen atoms in total. The molecule has 1 fully saturated rings. The lowest BCUT2D eigenvalue weighted by atomic mass is 9.82. The molecule has 2 rings (SSSR count). The summed E-state index contributed by atoms with van der Waals surface area (Å²) in [5.41, 5.74) is 3.73. The highest BCUT2D eigenvalue weighted by atomic mass is 16.5. The Bertz CT molecular complexity index is 804. The Morgan fingerprint density at radius 1 is 1.17 bits per heavy atom. The molecule has 1 unspecified atom stereocenters. The molecule has 0 saturated carbocycles. The number of piperidine rings is 1. The number of rotatable bonds is 7. The summed E-state index contributed by atoms with van der Waals surface area (Å²) in [7, 11) is 1.67. The number of allylic oxidation sites excluding steroid dienone is 1. The molecule has 0 N–H and O–H groups in total. The second-order valence-corrected chi connectivity index (χ2v) is 10.1. The van der Waals surface area contributed by atoms with Gasteiger partial charge in [-0.25, -0.2) is 0 Å². The van der Waals surface area contributed by atoms with E-state index in [4.69, 9.17) is 9.47 Å². The molecule has 1 saturated heterocycles. The fourth-order valence-electron chi connectivity index (χ4n) is 3.92. The Labute approximate surface area is 182 Å². The van der Waals surface area contributed by atoms with E-state index < -0.39 is 11.7 Å². The molecule has 1 aromatic rings. The van der Waals surface area contributed by atoms with Crippen molar-refractivity contribution >= 4 is 11.4 Å². The summed E-state index contributed by atoms with van der Waals surface area (Å²) in [6.45, 7) is 20.5. The maximum absolute atomic E-state index is 12.6. The van der Waals surface area contributed by atoms with Crippen LogP contribution >= 0.6 is 0 Å². The SMILES string of the molecule is C=C(/C(=C(\C)C(OC(C)(C)C)C(C)=O)N1CCC(C)(C)CC1)c1cccc(OC)c1. The first-order valence-corrected chi connectivity index (χ1v) is 10.8. The van der Waals surface area contributed by atoms with E-state index in [1.807, 2.05) is 52.0 Å². The topological polar surface area (TPSA) is 38.8 Å². The highest BCUT2D eigenvalue weighted by Gasteiger charge is 2.32. The van der Waals surface area contributed by atoms with E-state index in [1.165, 1.54) is 0 Å². The number of benzene rings is 1. The van der Waals surface area contributed by atoms with Crippen LogP contribution in [-0.2, 0) is 9.53 Å². The Balaban J connectivity index is 2.55. The van der Waals surface area contributed by atoms with Crippen molar-refractivity contribution in [3.63, 3.8) is 0 Å². The molecule has 1 atom stereocenters. The lowest BCUT2D eigenvalue weighted by Gasteiger charge is -2.41. The van der Waals surface area contributed by atoms with Gasteiger partial charge in [0, 0.05) is 18.8 Å². The predicted octanol–water partition coefficient (Wildman–Crippen LogP) is 5.88. The third-order valence-corrected chi connectivity index (χ3v) is 5.74. The normalized spacial score (nSPS) is 18.5. The van der Waals surface area contributed by atoms with Crippen LogP contribution in [0.2, 0.25) is 0 Å². The van der Waals surface area contributed by atoms with Crippen molar-refractivity contribution in [2.24, 2.45) is 5.41 Å². The average molecular weight is 414 g/mol.